The van der Waals surface area contributed by atoms with Crippen molar-refractivity contribution in [3.63, 3.8) is 0 Å². The van der Waals surface area contributed by atoms with Crippen LogP contribution in [0.4, 0.5) is 0 Å². The van der Waals surface area contributed by atoms with Gasteiger partial charge >= 0.3 is 0 Å². The zero-order valence-corrected chi connectivity index (χ0v) is 16.0. The minimum atomic E-state index is -0.144. The summed E-state index contributed by atoms with van der Waals surface area (Å²) < 4.78 is 16.4. The van der Waals surface area contributed by atoms with Crippen LogP contribution < -0.4 is 10.1 Å². The van der Waals surface area contributed by atoms with Gasteiger partial charge in [-0.15, -0.1) is 0 Å². The zero-order valence-electron chi connectivity index (χ0n) is 16.0. The van der Waals surface area contributed by atoms with E-state index < -0.39 is 0 Å². The van der Waals surface area contributed by atoms with Gasteiger partial charge < -0.3 is 24.5 Å². The molecule has 0 unspecified atom stereocenters. The van der Waals surface area contributed by atoms with Gasteiger partial charge in [0.05, 0.1) is 0 Å². The fraction of sp³-hybridized carbons (Fsp3) is 0.364. The molecular weight excluding hydrogens is 340 g/mol. The normalized spacial score (nSPS) is 11.4. The molecule has 0 fully saturated rings. The lowest BCUT2D eigenvalue weighted by Crippen LogP contribution is -2.24. The second kappa shape index (κ2) is 10.1. The van der Waals surface area contributed by atoms with Crippen molar-refractivity contribution in [3.05, 3.63) is 65.9 Å². The van der Waals surface area contributed by atoms with E-state index in [0.29, 0.717) is 6.61 Å². The monoisotopic (exact) mass is 368 g/mol. The molecule has 5 heteroatoms. The lowest BCUT2D eigenvalue weighted by Gasteiger charge is -2.13. The number of aromatic amines is 1. The largest absolute Gasteiger partial charge is 0.489 e. The Kier molecular flexibility index (Phi) is 7.27. The second-order valence-corrected chi connectivity index (χ2v) is 6.49. The highest BCUT2D eigenvalue weighted by Crippen LogP contribution is 2.24. The summed E-state index contributed by atoms with van der Waals surface area (Å²) in [6.45, 7) is 2.34. The van der Waals surface area contributed by atoms with E-state index in [2.05, 4.69) is 40.8 Å². The average molecular weight is 368 g/mol. The van der Waals surface area contributed by atoms with E-state index in [-0.39, 0.29) is 6.29 Å². The Hall–Kier alpha value is -2.34. The van der Waals surface area contributed by atoms with Gasteiger partial charge in [-0.1, -0.05) is 30.3 Å². The lowest BCUT2D eigenvalue weighted by molar-refractivity contribution is -0.105. The Morgan fingerprint density at radius 2 is 1.81 bits per heavy atom. The van der Waals surface area contributed by atoms with Crippen LogP contribution in [-0.2, 0) is 22.5 Å². The molecule has 0 aliphatic rings. The average Bonchev–Trinajstić information content (AvgIpc) is 3.12. The molecule has 2 aromatic carbocycles. The molecular formula is C22H28N2O3. The van der Waals surface area contributed by atoms with Crippen LogP contribution in [0.2, 0.25) is 0 Å². The molecule has 144 valence electrons. The highest BCUT2D eigenvalue weighted by Gasteiger charge is 2.07. The summed E-state index contributed by atoms with van der Waals surface area (Å²) in [5, 5.41) is 4.66. The third-order valence-electron chi connectivity index (χ3n) is 4.64. The van der Waals surface area contributed by atoms with Gasteiger partial charge in [0.1, 0.15) is 12.4 Å². The SMILES string of the molecule is COC(CCNCCc1c[nH]c2ccc(OCc3ccccc3)cc12)OC. The van der Waals surface area contributed by atoms with E-state index in [4.69, 9.17) is 14.2 Å². The predicted octanol–water partition coefficient (Wildman–Crippen LogP) is 3.89. The van der Waals surface area contributed by atoms with Crippen molar-refractivity contribution in [2.24, 2.45) is 0 Å². The van der Waals surface area contributed by atoms with E-state index in [1.807, 2.05) is 24.3 Å². The van der Waals surface area contributed by atoms with E-state index in [0.717, 1.165) is 37.2 Å². The molecule has 0 saturated carbocycles. The van der Waals surface area contributed by atoms with E-state index in [1.54, 1.807) is 14.2 Å². The number of methoxy groups -OCH3 is 2. The maximum absolute atomic E-state index is 5.96. The Morgan fingerprint density at radius 1 is 1.00 bits per heavy atom. The lowest BCUT2D eigenvalue weighted by atomic mass is 10.1. The van der Waals surface area contributed by atoms with Crippen LogP contribution in [-0.4, -0.2) is 38.6 Å². The van der Waals surface area contributed by atoms with Gasteiger partial charge in [-0.25, -0.2) is 0 Å². The quantitative estimate of drug-likeness (QED) is 0.398. The summed E-state index contributed by atoms with van der Waals surface area (Å²) in [7, 11) is 3.33. The van der Waals surface area contributed by atoms with Crippen LogP contribution in [0.25, 0.3) is 10.9 Å². The first-order valence-corrected chi connectivity index (χ1v) is 9.33. The standard InChI is InChI=1S/C22H28N2O3/c1-25-22(26-2)11-13-23-12-10-18-15-24-21-9-8-19(14-20(18)21)27-16-17-6-4-3-5-7-17/h3-9,14-15,22-24H,10-13,16H2,1-2H3. The molecule has 0 amide bonds. The summed E-state index contributed by atoms with van der Waals surface area (Å²) >= 11 is 0. The highest BCUT2D eigenvalue weighted by atomic mass is 16.7. The van der Waals surface area contributed by atoms with Crippen molar-refractivity contribution in [3.8, 4) is 5.75 Å². The number of hydrogen-bond donors (Lipinski definition) is 2. The van der Waals surface area contributed by atoms with Crippen molar-refractivity contribution < 1.29 is 14.2 Å². The molecule has 0 aliphatic heterocycles. The summed E-state index contributed by atoms with van der Waals surface area (Å²) in [5.41, 5.74) is 3.59. The van der Waals surface area contributed by atoms with Gasteiger partial charge in [0, 0.05) is 37.7 Å². The molecule has 0 aliphatic carbocycles. The molecule has 27 heavy (non-hydrogen) atoms. The van der Waals surface area contributed by atoms with Crippen LogP contribution >= 0.6 is 0 Å². The molecule has 1 aromatic heterocycles. The highest BCUT2D eigenvalue weighted by molar-refractivity contribution is 5.84. The Balaban J connectivity index is 1.53. The number of benzene rings is 2. The van der Waals surface area contributed by atoms with Gasteiger partial charge in [-0.3, -0.25) is 0 Å². The predicted molar refractivity (Wildman–Crippen MR) is 108 cm³/mol. The van der Waals surface area contributed by atoms with E-state index >= 15 is 0 Å². The minimum absolute atomic E-state index is 0.144. The number of ether oxygens (including phenoxy) is 3. The molecule has 5 nitrogen and oxygen atoms in total. The molecule has 3 rings (SSSR count). The smallest absolute Gasteiger partial charge is 0.158 e. The molecule has 0 spiro atoms. The van der Waals surface area contributed by atoms with Gasteiger partial charge in [-0.05, 0) is 48.8 Å². The molecule has 3 aromatic rings. The third-order valence-corrected chi connectivity index (χ3v) is 4.64. The van der Waals surface area contributed by atoms with Gasteiger partial charge in [0.15, 0.2) is 6.29 Å². The van der Waals surface area contributed by atoms with Crippen molar-refractivity contribution >= 4 is 10.9 Å². The van der Waals surface area contributed by atoms with Gasteiger partial charge in [-0.2, -0.15) is 0 Å². The Bertz CT molecular complexity index is 813. The van der Waals surface area contributed by atoms with Crippen molar-refractivity contribution in [2.45, 2.75) is 25.7 Å². The van der Waals surface area contributed by atoms with Crippen molar-refractivity contribution in [1.29, 1.82) is 0 Å². The molecule has 2 N–H and O–H groups in total. The molecule has 0 atom stereocenters. The van der Waals surface area contributed by atoms with Gasteiger partial charge in [0.2, 0.25) is 0 Å². The summed E-state index contributed by atoms with van der Waals surface area (Å²) in [6, 6.07) is 16.4. The van der Waals surface area contributed by atoms with Crippen molar-refractivity contribution in [2.75, 3.05) is 27.3 Å². The first kappa shape index (κ1) is 19.4. The Labute approximate surface area is 160 Å². The maximum atomic E-state index is 5.96. The number of H-pyrrole nitrogens is 1. The Morgan fingerprint density at radius 3 is 2.59 bits per heavy atom. The first-order valence-electron chi connectivity index (χ1n) is 9.33. The van der Waals surface area contributed by atoms with E-state index in [9.17, 15) is 0 Å². The molecule has 0 saturated heterocycles. The van der Waals surface area contributed by atoms with Crippen LogP contribution in [0.15, 0.2) is 54.7 Å². The summed E-state index contributed by atoms with van der Waals surface area (Å²) in [5.74, 6) is 0.892. The topological polar surface area (TPSA) is 55.5 Å². The van der Waals surface area contributed by atoms with Crippen LogP contribution in [0, 0.1) is 0 Å². The van der Waals surface area contributed by atoms with Crippen LogP contribution in [0.1, 0.15) is 17.5 Å². The second-order valence-electron chi connectivity index (χ2n) is 6.49. The number of fused-ring (bicyclic) bond motifs is 1. The fourth-order valence-electron chi connectivity index (χ4n) is 3.09. The van der Waals surface area contributed by atoms with Crippen LogP contribution in [0.5, 0.6) is 5.75 Å². The first-order chi connectivity index (χ1) is 13.3. The van der Waals surface area contributed by atoms with E-state index in [1.165, 1.54) is 16.5 Å². The molecule has 1 heterocycles. The van der Waals surface area contributed by atoms with Gasteiger partial charge in [0.25, 0.3) is 0 Å². The van der Waals surface area contributed by atoms with Crippen molar-refractivity contribution in [1.82, 2.24) is 10.3 Å². The summed E-state index contributed by atoms with van der Waals surface area (Å²) in [6.07, 6.45) is 3.72. The fourth-order valence-corrected chi connectivity index (χ4v) is 3.09. The third kappa shape index (κ3) is 5.57. The number of rotatable bonds is 11. The maximum Gasteiger partial charge on any atom is 0.158 e. The zero-order chi connectivity index (χ0) is 18.9. The minimum Gasteiger partial charge on any atom is -0.489 e. The number of nitrogens with one attached hydrogen (secondary N) is 2. The number of aromatic nitrogens is 1. The van der Waals surface area contributed by atoms with Crippen LogP contribution in [0.3, 0.4) is 0 Å². The summed E-state index contributed by atoms with van der Waals surface area (Å²) in [4.78, 5) is 3.34. The number of hydrogen-bond acceptors (Lipinski definition) is 4. The molecule has 0 bridgehead atoms. The molecule has 0 radical (unpaired) electrons.